The number of amides is 1. The molecule has 0 bridgehead atoms. The molecule has 0 aliphatic heterocycles. The lowest BCUT2D eigenvalue weighted by molar-refractivity contribution is -0.116. The van der Waals surface area contributed by atoms with E-state index in [9.17, 15) is 4.79 Å². The van der Waals surface area contributed by atoms with Crippen LogP contribution in [0.1, 0.15) is 34.8 Å². The molecular weight excluding hydrogens is 412 g/mol. The first-order valence-corrected chi connectivity index (χ1v) is 11.1. The Labute approximate surface area is 192 Å². The van der Waals surface area contributed by atoms with Gasteiger partial charge in [-0.1, -0.05) is 30.3 Å². The van der Waals surface area contributed by atoms with Crippen molar-refractivity contribution in [2.45, 2.75) is 40.5 Å². The molecule has 0 spiro atoms. The Morgan fingerprint density at radius 1 is 0.879 bits per heavy atom. The Balaban J connectivity index is 1.37. The number of rotatable bonds is 5. The second-order valence-corrected chi connectivity index (χ2v) is 8.36. The molecule has 0 fully saturated rings. The number of carbonyl (C=O) groups excluding carboxylic acids is 1. The van der Waals surface area contributed by atoms with Crippen LogP contribution in [0, 0.1) is 27.7 Å². The van der Waals surface area contributed by atoms with E-state index in [4.69, 9.17) is 10.1 Å². The SMILES string of the molecule is Cc1nc2c3ccccc3nn2c(C)c1CCC(=O)Nc1c(C)nn(-c2ccccc2)c1C. The van der Waals surface area contributed by atoms with Crippen LogP contribution in [-0.2, 0) is 11.2 Å². The fourth-order valence-electron chi connectivity index (χ4n) is 4.42. The van der Waals surface area contributed by atoms with E-state index in [1.807, 2.05) is 91.5 Å². The summed E-state index contributed by atoms with van der Waals surface area (Å²) in [6.45, 7) is 7.92. The highest BCUT2D eigenvalue weighted by molar-refractivity contribution is 5.93. The van der Waals surface area contributed by atoms with Gasteiger partial charge in [-0.3, -0.25) is 4.79 Å². The molecule has 7 heteroatoms. The maximum absolute atomic E-state index is 12.9. The molecular formula is C26H26N6O. The number of para-hydroxylation sites is 1. The monoisotopic (exact) mass is 438 g/mol. The van der Waals surface area contributed by atoms with Crippen molar-refractivity contribution >= 4 is 28.1 Å². The van der Waals surface area contributed by atoms with Gasteiger partial charge in [0.1, 0.15) is 0 Å². The Kier molecular flexibility index (Phi) is 5.17. The summed E-state index contributed by atoms with van der Waals surface area (Å²) in [5.74, 6) is -0.0432. The Morgan fingerprint density at radius 2 is 1.61 bits per heavy atom. The van der Waals surface area contributed by atoms with Crippen LogP contribution in [0.3, 0.4) is 0 Å². The molecule has 0 aliphatic carbocycles. The second kappa shape index (κ2) is 8.16. The molecule has 0 aliphatic rings. The molecule has 3 aromatic heterocycles. The van der Waals surface area contributed by atoms with Crippen molar-refractivity contribution in [1.82, 2.24) is 24.4 Å². The lowest BCUT2D eigenvalue weighted by Crippen LogP contribution is -2.15. The van der Waals surface area contributed by atoms with E-state index in [2.05, 4.69) is 10.4 Å². The number of carbonyl (C=O) groups is 1. The van der Waals surface area contributed by atoms with Gasteiger partial charge < -0.3 is 5.32 Å². The number of nitrogens with zero attached hydrogens (tertiary/aromatic N) is 5. The van der Waals surface area contributed by atoms with Gasteiger partial charge in [-0.15, -0.1) is 0 Å². The molecule has 2 aromatic carbocycles. The predicted octanol–water partition coefficient (Wildman–Crippen LogP) is 4.87. The molecule has 5 rings (SSSR count). The average Bonchev–Trinajstić information content (AvgIpc) is 3.32. The van der Waals surface area contributed by atoms with Crippen LogP contribution >= 0.6 is 0 Å². The maximum Gasteiger partial charge on any atom is 0.224 e. The Hall–Kier alpha value is -4.00. The van der Waals surface area contributed by atoms with E-state index in [1.54, 1.807) is 0 Å². The summed E-state index contributed by atoms with van der Waals surface area (Å²) in [5, 5.41) is 13.4. The normalized spacial score (nSPS) is 11.4. The quantitative estimate of drug-likeness (QED) is 0.425. The summed E-state index contributed by atoms with van der Waals surface area (Å²) in [4.78, 5) is 17.7. The van der Waals surface area contributed by atoms with Crippen LogP contribution in [0.4, 0.5) is 5.69 Å². The molecule has 0 atom stereocenters. The van der Waals surface area contributed by atoms with Gasteiger partial charge in [-0.2, -0.15) is 10.2 Å². The van der Waals surface area contributed by atoms with Gasteiger partial charge in [-0.25, -0.2) is 14.2 Å². The minimum Gasteiger partial charge on any atom is -0.323 e. The van der Waals surface area contributed by atoms with Gasteiger partial charge in [0.2, 0.25) is 5.91 Å². The standard InChI is InChI=1S/C26H26N6O/c1-16-21(18(3)32-26(27-16)22-12-8-9-13-23(22)30-32)14-15-24(33)28-25-17(2)29-31(19(25)4)20-10-6-5-7-11-20/h5-13H,14-15H2,1-4H3,(H,28,33). The van der Waals surface area contributed by atoms with Gasteiger partial charge in [0.15, 0.2) is 5.65 Å². The molecule has 1 N–H and O–H groups in total. The van der Waals surface area contributed by atoms with Gasteiger partial charge in [0.05, 0.1) is 28.3 Å². The van der Waals surface area contributed by atoms with E-state index in [0.717, 1.165) is 56.3 Å². The molecule has 0 radical (unpaired) electrons. The summed E-state index contributed by atoms with van der Waals surface area (Å²) in [7, 11) is 0. The predicted molar refractivity (Wildman–Crippen MR) is 130 cm³/mol. The van der Waals surface area contributed by atoms with Gasteiger partial charge in [0.25, 0.3) is 0 Å². The third kappa shape index (κ3) is 3.65. The smallest absolute Gasteiger partial charge is 0.224 e. The maximum atomic E-state index is 12.9. The average molecular weight is 439 g/mol. The van der Waals surface area contributed by atoms with Crippen molar-refractivity contribution in [1.29, 1.82) is 0 Å². The summed E-state index contributed by atoms with van der Waals surface area (Å²) >= 11 is 0. The van der Waals surface area contributed by atoms with E-state index in [0.29, 0.717) is 12.8 Å². The second-order valence-electron chi connectivity index (χ2n) is 8.36. The highest BCUT2D eigenvalue weighted by Crippen LogP contribution is 2.25. The van der Waals surface area contributed by atoms with Crippen LogP contribution < -0.4 is 5.32 Å². The number of fused-ring (bicyclic) bond motifs is 3. The van der Waals surface area contributed by atoms with Gasteiger partial charge in [-0.05, 0) is 63.9 Å². The van der Waals surface area contributed by atoms with E-state index < -0.39 is 0 Å². The third-order valence-corrected chi connectivity index (χ3v) is 6.18. The summed E-state index contributed by atoms with van der Waals surface area (Å²) in [5.41, 5.74) is 8.22. The minimum absolute atomic E-state index is 0.0432. The largest absolute Gasteiger partial charge is 0.323 e. The van der Waals surface area contributed by atoms with E-state index in [1.165, 1.54) is 0 Å². The minimum atomic E-state index is -0.0432. The summed E-state index contributed by atoms with van der Waals surface area (Å²) < 4.78 is 3.75. The molecule has 5 aromatic rings. The number of benzene rings is 2. The van der Waals surface area contributed by atoms with Gasteiger partial charge in [0, 0.05) is 23.2 Å². The molecule has 0 saturated carbocycles. The zero-order valence-electron chi connectivity index (χ0n) is 19.3. The molecule has 166 valence electrons. The van der Waals surface area contributed by atoms with Crippen LogP contribution in [0.2, 0.25) is 0 Å². The van der Waals surface area contributed by atoms with Crippen LogP contribution in [0.5, 0.6) is 0 Å². The molecule has 1 amide bonds. The van der Waals surface area contributed by atoms with Crippen molar-refractivity contribution in [3.63, 3.8) is 0 Å². The number of nitrogens with one attached hydrogen (secondary N) is 1. The molecule has 3 heterocycles. The first-order valence-electron chi connectivity index (χ1n) is 11.1. The fourth-order valence-corrected chi connectivity index (χ4v) is 4.42. The molecule has 0 saturated heterocycles. The third-order valence-electron chi connectivity index (χ3n) is 6.18. The lowest BCUT2D eigenvalue weighted by atomic mass is 10.1. The number of hydrogen-bond acceptors (Lipinski definition) is 4. The first-order chi connectivity index (χ1) is 15.9. The number of anilines is 1. The van der Waals surface area contributed by atoms with Crippen molar-refractivity contribution in [2.24, 2.45) is 0 Å². The Morgan fingerprint density at radius 3 is 2.39 bits per heavy atom. The van der Waals surface area contributed by atoms with Crippen molar-refractivity contribution in [2.75, 3.05) is 5.32 Å². The Bertz CT molecular complexity index is 1500. The first kappa shape index (κ1) is 20.9. The number of hydrogen-bond donors (Lipinski definition) is 1. The molecule has 7 nitrogen and oxygen atoms in total. The summed E-state index contributed by atoms with van der Waals surface area (Å²) in [6.07, 6.45) is 0.943. The van der Waals surface area contributed by atoms with E-state index >= 15 is 0 Å². The lowest BCUT2D eigenvalue weighted by Gasteiger charge is -2.11. The zero-order chi connectivity index (χ0) is 23.1. The topological polar surface area (TPSA) is 77.1 Å². The summed E-state index contributed by atoms with van der Waals surface area (Å²) in [6, 6.07) is 17.9. The highest BCUT2D eigenvalue weighted by Gasteiger charge is 2.18. The van der Waals surface area contributed by atoms with Crippen molar-refractivity contribution in [3.8, 4) is 5.69 Å². The van der Waals surface area contributed by atoms with Crippen LogP contribution in [0.25, 0.3) is 22.2 Å². The zero-order valence-corrected chi connectivity index (χ0v) is 19.3. The van der Waals surface area contributed by atoms with Crippen LogP contribution in [-0.4, -0.2) is 30.3 Å². The molecule has 33 heavy (non-hydrogen) atoms. The van der Waals surface area contributed by atoms with Gasteiger partial charge >= 0.3 is 0 Å². The number of aromatic nitrogens is 5. The van der Waals surface area contributed by atoms with Crippen molar-refractivity contribution < 1.29 is 4.79 Å². The molecule has 0 unspecified atom stereocenters. The fraction of sp³-hybridized carbons (Fsp3) is 0.231. The van der Waals surface area contributed by atoms with Crippen LogP contribution in [0.15, 0.2) is 54.6 Å². The number of aryl methyl sites for hydroxylation is 3. The van der Waals surface area contributed by atoms with Crippen molar-refractivity contribution in [3.05, 3.63) is 82.9 Å². The highest BCUT2D eigenvalue weighted by atomic mass is 16.1. The van der Waals surface area contributed by atoms with E-state index in [-0.39, 0.29) is 5.91 Å².